The zero-order valence-corrected chi connectivity index (χ0v) is 18.0. The molecular weight excluding hydrogens is 392 g/mol. The normalized spacial score (nSPS) is 12.6. The Morgan fingerprint density at radius 1 is 1.17 bits per heavy atom. The number of Topliss-reactive ketones (excluding diaryl/α,β-unsaturated/α-hetero) is 1. The van der Waals surface area contributed by atoms with Crippen molar-refractivity contribution in [1.82, 2.24) is 19.8 Å². The largest absolute Gasteiger partial charge is 0.356 e. The van der Waals surface area contributed by atoms with Crippen molar-refractivity contribution in [2.24, 2.45) is 5.92 Å². The first-order valence-corrected chi connectivity index (χ1v) is 10.9. The van der Waals surface area contributed by atoms with Crippen LogP contribution in [-0.4, -0.2) is 43.0 Å². The minimum Gasteiger partial charge on any atom is -0.356 e. The van der Waals surface area contributed by atoms with Crippen molar-refractivity contribution in [1.29, 1.82) is 0 Å². The van der Waals surface area contributed by atoms with Crippen molar-refractivity contribution >= 4 is 21.7 Å². The average molecular weight is 421 g/mol. The van der Waals surface area contributed by atoms with Crippen LogP contribution in [-0.2, 0) is 21.4 Å². The van der Waals surface area contributed by atoms with Gasteiger partial charge in [-0.25, -0.2) is 13.1 Å². The molecule has 0 aliphatic heterocycles. The minimum absolute atomic E-state index is 0.00549. The number of hydrogen-bond donors (Lipinski definition) is 2. The first-order valence-electron chi connectivity index (χ1n) is 9.47. The number of nitrogens with zero attached hydrogens (tertiary/aromatic N) is 2. The molecule has 1 aromatic heterocycles. The summed E-state index contributed by atoms with van der Waals surface area (Å²) in [5.74, 6) is -0.168. The Hall–Kier alpha value is -2.52. The number of ketones is 1. The van der Waals surface area contributed by atoms with Crippen LogP contribution >= 0.6 is 0 Å². The second-order valence-corrected chi connectivity index (χ2v) is 9.01. The number of aryl methyl sites for hydroxylation is 2. The van der Waals surface area contributed by atoms with E-state index in [1.807, 2.05) is 31.5 Å². The van der Waals surface area contributed by atoms with Crippen molar-refractivity contribution < 1.29 is 18.0 Å². The van der Waals surface area contributed by atoms with Gasteiger partial charge in [-0.05, 0) is 44.9 Å². The molecule has 0 fully saturated rings. The molecular formula is C20H28N4O4S. The lowest BCUT2D eigenvalue weighted by atomic mass is 10.2. The van der Waals surface area contributed by atoms with Gasteiger partial charge in [-0.2, -0.15) is 5.10 Å². The lowest BCUT2D eigenvalue weighted by Gasteiger charge is -2.14. The van der Waals surface area contributed by atoms with Gasteiger partial charge in [-0.3, -0.25) is 14.3 Å². The van der Waals surface area contributed by atoms with Gasteiger partial charge in [0.25, 0.3) is 0 Å². The summed E-state index contributed by atoms with van der Waals surface area (Å²) in [7, 11) is -3.73. The highest BCUT2D eigenvalue weighted by Gasteiger charge is 2.15. The maximum atomic E-state index is 12.3. The second kappa shape index (κ2) is 9.80. The minimum atomic E-state index is -3.73. The standard InChI is InChI=1S/C20H28N4O4S/c1-14(13-24-16(3)11-15(2)23-24)12-21-20(26)9-10-22-29(27,28)19-7-5-18(6-8-19)17(4)25/h5-8,11,14,22H,9-10,12-13H2,1-4H3,(H,21,26). The summed E-state index contributed by atoms with van der Waals surface area (Å²) in [6, 6.07) is 7.69. The van der Waals surface area contributed by atoms with E-state index in [9.17, 15) is 18.0 Å². The molecule has 29 heavy (non-hydrogen) atoms. The summed E-state index contributed by atoms with van der Waals surface area (Å²) in [5.41, 5.74) is 2.48. The fraction of sp³-hybridized carbons (Fsp3) is 0.450. The molecule has 8 nitrogen and oxygen atoms in total. The van der Waals surface area contributed by atoms with Crippen molar-refractivity contribution in [2.45, 2.75) is 45.6 Å². The molecule has 2 N–H and O–H groups in total. The fourth-order valence-electron chi connectivity index (χ4n) is 2.85. The number of carbonyl (C=O) groups is 2. The van der Waals surface area contributed by atoms with Crippen LogP contribution in [0.5, 0.6) is 0 Å². The lowest BCUT2D eigenvalue weighted by Crippen LogP contribution is -2.33. The van der Waals surface area contributed by atoms with Crippen molar-refractivity contribution in [3.8, 4) is 0 Å². The topological polar surface area (TPSA) is 110 Å². The number of aromatic nitrogens is 2. The van der Waals surface area contributed by atoms with Crippen LogP contribution in [0, 0.1) is 19.8 Å². The molecule has 0 aliphatic carbocycles. The van der Waals surface area contributed by atoms with E-state index in [4.69, 9.17) is 0 Å². The Morgan fingerprint density at radius 3 is 2.38 bits per heavy atom. The molecule has 0 aliphatic rings. The predicted molar refractivity (Wildman–Crippen MR) is 110 cm³/mol. The Balaban J connectivity index is 1.75. The van der Waals surface area contributed by atoms with Gasteiger partial charge < -0.3 is 5.32 Å². The van der Waals surface area contributed by atoms with E-state index in [2.05, 4.69) is 15.1 Å². The molecule has 1 atom stereocenters. The molecule has 2 rings (SSSR count). The van der Waals surface area contributed by atoms with E-state index in [1.54, 1.807) is 0 Å². The van der Waals surface area contributed by atoms with Gasteiger partial charge in [0.2, 0.25) is 15.9 Å². The van der Waals surface area contributed by atoms with Crippen LogP contribution in [0.1, 0.15) is 42.0 Å². The quantitative estimate of drug-likeness (QED) is 0.570. The number of sulfonamides is 1. The van der Waals surface area contributed by atoms with Crippen LogP contribution in [0.4, 0.5) is 0 Å². The molecule has 0 radical (unpaired) electrons. The van der Waals surface area contributed by atoms with Crippen molar-refractivity contribution in [3.05, 3.63) is 47.3 Å². The maximum Gasteiger partial charge on any atom is 0.240 e. The highest BCUT2D eigenvalue weighted by Crippen LogP contribution is 2.11. The van der Waals surface area contributed by atoms with E-state index < -0.39 is 10.0 Å². The summed E-state index contributed by atoms with van der Waals surface area (Å²) in [5, 5.41) is 7.23. The first kappa shape index (κ1) is 22.8. The van der Waals surface area contributed by atoms with Crippen LogP contribution in [0.2, 0.25) is 0 Å². The van der Waals surface area contributed by atoms with Crippen molar-refractivity contribution in [3.63, 3.8) is 0 Å². The summed E-state index contributed by atoms with van der Waals surface area (Å²) >= 11 is 0. The van der Waals surface area contributed by atoms with Crippen molar-refractivity contribution in [2.75, 3.05) is 13.1 Å². The Morgan fingerprint density at radius 2 is 1.83 bits per heavy atom. The first-order chi connectivity index (χ1) is 13.6. The molecule has 1 heterocycles. The van der Waals surface area contributed by atoms with Gasteiger partial charge in [-0.15, -0.1) is 0 Å². The summed E-state index contributed by atoms with van der Waals surface area (Å²) in [4.78, 5) is 23.3. The van der Waals surface area contributed by atoms with Crippen LogP contribution in [0.25, 0.3) is 0 Å². The molecule has 0 saturated heterocycles. The third-order valence-electron chi connectivity index (χ3n) is 4.45. The predicted octanol–water partition coefficient (Wildman–Crippen LogP) is 1.82. The highest BCUT2D eigenvalue weighted by atomic mass is 32.2. The van der Waals surface area contributed by atoms with Crippen LogP contribution in [0.3, 0.4) is 0 Å². The molecule has 0 saturated carbocycles. The zero-order chi connectivity index (χ0) is 21.6. The lowest BCUT2D eigenvalue weighted by molar-refractivity contribution is -0.121. The number of amides is 1. The summed E-state index contributed by atoms with van der Waals surface area (Å²) in [6.07, 6.45) is 0.0391. The monoisotopic (exact) mass is 420 g/mol. The Bertz CT molecular complexity index is 965. The third kappa shape index (κ3) is 6.79. The van der Waals surface area contributed by atoms with E-state index in [0.29, 0.717) is 18.7 Å². The van der Waals surface area contributed by atoms with Gasteiger partial charge in [0.15, 0.2) is 5.78 Å². The number of nitrogens with one attached hydrogen (secondary N) is 2. The van der Waals surface area contributed by atoms with E-state index >= 15 is 0 Å². The molecule has 0 bridgehead atoms. The number of rotatable bonds is 10. The zero-order valence-electron chi connectivity index (χ0n) is 17.2. The number of carbonyl (C=O) groups excluding carboxylic acids is 2. The second-order valence-electron chi connectivity index (χ2n) is 7.25. The molecule has 0 spiro atoms. The van der Waals surface area contributed by atoms with E-state index in [-0.39, 0.29) is 35.5 Å². The van der Waals surface area contributed by atoms with E-state index in [1.165, 1.54) is 31.2 Å². The molecule has 1 aromatic carbocycles. The molecule has 9 heteroatoms. The third-order valence-corrected chi connectivity index (χ3v) is 5.93. The van der Waals surface area contributed by atoms with E-state index in [0.717, 1.165) is 11.4 Å². The molecule has 2 aromatic rings. The van der Waals surface area contributed by atoms with Gasteiger partial charge in [0.1, 0.15) is 0 Å². The maximum absolute atomic E-state index is 12.3. The van der Waals surface area contributed by atoms with Gasteiger partial charge >= 0.3 is 0 Å². The Kier molecular flexibility index (Phi) is 7.69. The Labute approximate surface area is 171 Å². The van der Waals surface area contributed by atoms with Gasteiger partial charge in [-0.1, -0.05) is 19.1 Å². The highest BCUT2D eigenvalue weighted by molar-refractivity contribution is 7.89. The molecule has 1 unspecified atom stereocenters. The number of benzene rings is 1. The average Bonchev–Trinajstić information content (AvgIpc) is 2.96. The van der Waals surface area contributed by atoms with Gasteiger partial charge in [0, 0.05) is 37.3 Å². The van der Waals surface area contributed by atoms with Crippen LogP contribution in [0.15, 0.2) is 35.2 Å². The van der Waals surface area contributed by atoms with Gasteiger partial charge in [0.05, 0.1) is 10.6 Å². The number of hydrogen-bond acceptors (Lipinski definition) is 5. The van der Waals surface area contributed by atoms with Crippen LogP contribution < -0.4 is 10.0 Å². The summed E-state index contributed by atoms with van der Waals surface area (Å²) < 4.78 is 28.8. The molecule has 1 amide bonds. The summed E-state index contributed by atoms with van der Waals surface area (Å²) in [6.45, 7) is 8.54. The SMILES string of the molecule is CC(=O)c1ccc(S(=O)(=O)NCCC(=O)NCC(C)Cn2nc(C)cc2C)cc1. The fourth-order valence-corrected chi connectivity index (χ4v) is 3.88. The molecule has 158 valence electrons. The smallest absolute Gasteiger partial charge is 0.240 e.